The number of nitrogen functional groups attached to an aromatic ring is 7. The number of rotatable bonds is 38. The first-order chi connectivity index (χ1) is 70.1. The Hall–Kier alpha value is -11.1. The summed E-state index contributed by atoms with van der Waals surface area (Å²) < 4.78 is 199. The summed E-state index contributed by atoms with van der Waals surface area (Å²) in [7, 11) is -35.2. The molecule has 12 aromatic heterocycles. The summed E-state index contributed by atoms with van der Waals surface area (Å²) in [6.45, 7) is -8.76. The first-order valence-corrected chi connectivity index (χ1v) is 51.8. The molecule has 7 aliphatic heterocycles. The number of phosphoric acid groups is 6. The highest BCUT2D eigenvalue weighted by Crippen LogP contribution is 2.58. The third-order valence-electron chi connectivity index (χ3n) is 24.0. The molecule has 19 heterocycles. The molecule has 7 saturated heterocycles. The Bertz CT molecular complexity index is 7500. The number of nitrogens with one attached hydrogen (secondary N) is 1. The molecule has 0 bridgehead atoms. The van der Waals surface area contributed by atoms with E-state index in [9.17, 15) is 117 Å². The van der Waals surface area contributed by atoms with Gasteiger partial charge in [0.05, 0.1) is 77.9 Å². The number of aromatic amines is 1. The molecule has 30 N–H and O–H groups in total. The van der Waals surface area contributed by atoms with Crippen LogP contribution in [0.15, 0.2) is 95.9 Å². The normalized spacial score (nSPS) is 32.1. The minimum atomic E-state index is -6.04. The van der Waals surface area contributed by atoms with Crippen molar-refractivity contribution in [3.63, 3.8) is 0 Å². The van der Waals surface area contributed by atoms with E-state index in [2.05, 4.69) is 84.7 Å². The van der Waals surface area contributed by atoms with Crippen LogP contribution in [0.25, 0.3) is 55.8 Å². The first kappa shape index (κ1) is 105. The van der Waals surface area contributed by atoms with E-state index < -0.39 is 293 Å². The molecule has 0 spiro atoms. The molecule has 12 aromatic rings. The fourth-order valence-electron chi connectivity index (χ4n) is 17.3. The molecule has 33 atom stereocenters. The van der Waals surface area contributed by atoms with Gasteiger partial charge in [-0.2, -0.15) is 15.0 Å². The predicted octanol–water partition coefficient (Wildman–Crippen LogP) is -8.76. The monoisotopic (exact) mass is 2210 g/mol. The van der Waals surface area contributed by atoms with Crippen LogP contribution in [0.4, 0.5) is 40.9 Å². The quantitative estimate of drug-likeness (QED) is 0.0160. The van der Waals surface area contributed by atoms with Crippen LogP contribution in [0.1, 0.15) is 43.6 Å². The first-order valence-electron chi connectivity index (χ1n) is 42.8. The summed E-state index contributed by atoms with van der Waals surface area (Å²) >= 11 is 0. The molecule has 800 valence electrons. The second-order valence-corrected chi connectivity index (χ2v) is 41.5. The fraction of sp³-hybridized carbons (Fsp3) is 0.515. The highest BCUT2D eigenvalue weighted by molar-refractivity contribution is 7.48. The summed E-state index contributed by atoms with van der Waals surface area (Å²) in [4.78, 5) is 184. The zero-order chi connectivity index (χ0) is 105. The number of phosphoric ester groups is 6. The second-order valence-electron chi connectivity index (χ2n) is 33.3. The van der Waals surface area contributed by atoms with Gasteiger partial charge in [-0.3, -0.25) is 91.5 Å². The molecule has 0 aromatic carbocycles. The van der Waals surface area contributed by atoms with Gasteiger partial charge >= 0.3 is 58.3 Å². The van der Waals surface area contributed by atoms with Gasteiger partial charge in [0, 0.05) is 12.4 Å². The Morgan fingerprint density at radius 3 is 0.851 bits per heavy atom. The van der Waals surface area contributed by atoms with Gasteiger partial charge in [-0.1, -0.05) is 0 Å². The largest absolute Gasteiger partial charge is 0.472 e. The van der Waals surface area contributed by atoms with Crippen LogP contribution >= 0.6 is 46.9 Å². The van der Waals surface area contributed by atoms with Crippen LogP contribution in [0, 0.1) is 0 Å². The van der Waals surface area contributed by atoms with Crippen LogP contribution in [0.2, 0.25) is 0 Å². The zero-order valence-electron chi connectivity index (χ0n) is 74.3. The number of ether oxygens (including phenoxy) is 8. The highest BCUT2D eigenvalue weighted by atomic mass is 31.2. The van der Waals surface area contributed by atoms with Gasteiger partial charge < -0.3 is 153 Å². The van der Waals surface area contributed by atoms with Gasteiger partial charge in [0.15, 0.2) is 101 Å². The molecule has 0 aliphatic carbocycles. The highest BCUT2D eigenvalue weighted by Gasteiger charge is 2.60. The van der Waals surface area contributed by atoms with Gasteiger partial charge in [-0.25, -0.2) is 102 Å². The van der Waals surface area contributed by atoms with E-state index in [1.165, 1.54) is 0 Å². The summed E-state index contributed by atoms with van der Waals surface area (Å²) in [5, 5.41) is 94.2. The number of hydrogen-bond acceptors (Lipinski definition) is 59. The molecular weight excluding hydrogens is 2120 g/mol. The van der Waals surface area contributed by atoms with E-state index in [4.69, 9.17) is 128 Å². The number of imidazole rings is 5. The minimum Gasteiger partial charge on any atom is -0.394 e. The number of aromatic nitrogens is 24. The smallest absolute Gasteiger partial charge is 0.394 e. The third kappa shape index (κ3) is 21.1. The number of hydrogen-bond donors (Lipinski definition) is 23. The van der Waals surface area contributed by atoms with Crippen molar-refractivity contribution < 1.29 is 190 Å². The van der Waals surface area contributed by atoms with Gasteiger partial charge in [-0.15, -0.1) is 0 Å². The third-order valence-corrected chi connectivity index (χ3v) is 29.4. The van der Waals surface area contributed by atoms with Crippen molar-refractivity contribution in [3.8, 4) is 0 Å². The van der Waals surface area contributed by atoms with Crippen molar-refractivity contribution in [1.82, 2.24) is 117 Å². The molecule has 80 heteroatoms. The Labute approximate surface area is 818 Å². The summed E-state index contributed by atoms with van der Waals surface area (Å²) in [6.07, 6.45) is -46.4. The van der Waals surface area contributed by atoms with E-state index in [1.54, 1.807) is 0 Å². The van der Waals surface area contributed by atoms with Crippen molar-refractivity contribution in [2.45, 2.75) is 172 Å². The van der Waals surface area contributed by atoms with E-state index in [-0.39, 0.29) is 85.2 Å². The van der Waals surface area contributed by atoms with E-state index in [1.807, 2.05) is 0 Å². The Kier molecular flexibility index (Phi) is 29.1. The lowest BCUT2D eigenvalue weighted by Crippen LogP contribution is -2.42. The average Bonchev–Trinajstić information content (AvgIpc) is 1.60. The van der Waals surface area contributed by atoms with Gasteiger partial charge in [0.1, 0.15) is 187 Å². The molecule has 19 rings (SSSR count). The SMILES string of the molecule is Nc1ccn([C@@H]2O[C@H](COP(=O)(O)O[C@H]3[C@@H](O)[C@H](n4cnc5c(N)ncnc54)O[C@@H]3COP(=O)(O)O[C@H]3[C@@H](O)[C@H](n4cnc5c(N)ncnc54)O[C@@H]3COP(=O)(O)O[C@H]3[C@@H](O)[C@H](n4cnc5c(N)ncnc54)O[C@@H]3COP(=O)(O)O[C@H]3[C@@H](O)[C@H](n4cnc5c(=O)[nH]c(N)nc54)O[C@@H]3COP(=O)(O)O[C@H]3[C@@H](O)[C@H](n4cnc5c(N)ncnc54)O[C@@H]3CO)[C@@H](OC[C@H]3O[C@@H](n4ccc(N)nc4=O)[C@H](O)[C@@H]3OP(=O)(O)O)[C@H]2O)c(=O)n1. The van der Waals surface area contributed by atoms with Gasteiger partial charge in [0.2, 0.25) is 5.95 Å². The van der Waals surface area contributed by atoms with E-state index in [0.29, 0.717) is 9.13 Å². The Morgan fingerprint density at radius 1 is 0.311 bits per heavy atom. The second kappa shape index (κ2) is 40.9. The number of fused-ring (bicyclic) bond motifs is 5. The predicted molar refractivity (Wildman–Crippen MR) is 474 cm³/mol. The number of nitrogens with two attached hydrogens (primary N) is 7. The molecule has 0 radical (unpaired) electrons. The minimum absolute atomic E-state index is 0.0111. The fourth-order valence-corrected chi connectivity index (χ4v) is 22.7. The lowest BCUT2D eigenvalue weighted by molar-refractivity contribution is -0.111. The van der Waals surface area contributed by atoms with E-state index in [0.717, 1.165) is 104 Å². The van der Waals surface area contributed by atoms with Gasteiger partial charge in [0.25, 0.3) is 5.56 Å². The number of H-pyrrole nitrogens is 1. The van der Waals surface area contributed by atoms with Crippen LogP contribution < -0.4 is 57.1 Å². The summed E-state index contributed by atoms with van der Waals surface area (Å²) in [5.74, 6) is -1.88. The van der Waals surface area contributed by atoms with Crippen molar-refractivity contribution in [2.75, 3.05) is 86.4 Å². The van der Waals surface area contributed by atoms with Crippen LogP contribution in [-0.4, -0.2) is 366 Å². The maximum Gasteiger partial charge on any atom is 0.472 e. The molecule has 148 heavy (non-hydrogen) atoms. The number of anilines is 7. The standard InChI is InChI=1S/C68H85N31O43P6/c69-28-1-3-93(67(109)89-28)59-35(101)42(124-6-22-44(137-143(111,112)113)37(103)60(131-22)94-4-2-29(70)90-68(94)110)23(132-59)7-125-145(116,117)139-45-24(133-62(38(45)104)96-17-85-31-50(72)77-13-81-54(31)96)8-127-146(118,119)140-46-25(134-63(39(46)105)97-18-86-32-51(73)78-14-82-55(32)97)9-128-147(120,121)141-47-26(135-64(40(47)106)98-19-87-33-52(74)79-15-83-56(33)98)10-129-148(122,123)142-48-27(136-65(41(48)107)99-20-88-34-57(99)91-66(75)92-58(34)108)11-126-144(114,115)138-43-21(5-100)130-61(36(43)102)95-16-84-30-49(71)76-12-80-53(30)95/h1-4,12-27,35-48,59-65,100-107H,5-11H2,(H,114,115)(H,116,117)(H,118,119)(H,120,121)(H,122,123)(H2,69,89,109)(H2,70,90,110)(H2,71,76,80)(H2,72,77,81)(H2,73,78,82)(H2,74,79,83)(H2,111,112,113)(H3,75,91,92,108)/t21-,22-,23-,24-,25-,26-,27-,35-,36-,37-,38-,39-,40-,41-,42-,43-,44-,45-,46-,47-,48-,59-,60-,61-,62-,63-,64-,65-/m1/s1. The maximum absolute atomic E-state index is 14.8. The Balaban J connectivity index is 0.565. The number of nitrogens with zero attached hydrogens (tertiary/aromatic N) is 23. The molecule has 7 aliphatic rings. The average molecular weight is 2210 g/mol. The summed E-state index contributed by atoms with van der Waals surface area (Å²) in [6, 6.07) is 2.20. The van der Waals surface area contributed by atoms with Crippen molar-refractivity contribution in [1.29, 1.82) is 0 Å². The topological polar surface area (TPSA) is 1070 Å². The Morgan fingerprint density at radius 2 is 0.561 bits per heavy atom. The van der Waals surface area contributed by atoms with Crippen molar-refractivity contribution in [2.24, 2.45) is 0 Å². The van der Waals surface area contributed by atoms with Crippen LogP contribution in [-0.2, 0) is 115 Å². The van der Waals surface area contributed by atoms with E-state index >= 15 is 0 Å². The molecule has 74 nitrogen and oxygen atoms in total. The number of aliphatic hydroxyl groups excluding tert-OH is 8. The molecule has 0 amide bonds. The number of aliphatic hydroxyl groups is 8. The summed E-state index contributed by atoms with van der Waals surface area (Å²) in [5.41, 5.74) is 36.5. The zero-order valence-corrected chi connectivity index (χ0v) is 79.6. The molecule has 0 saturated carbocycles. The lowest BCUT2D eigenvalue weighted by Gasteiger charge is -2.27. The van der Waals surface area contributed by atoms with Crippen molar-refractivity contribution >= 4 is 144 Å². The van der Waals surface area contributed by atoms with Crippen LogP contribution in [0.3, 0.4) is 0 Å². The van der Waals surface area contributed by atoms with Gasteiger partial charge in [-0.05, 0) is 12.1 Å². The maximum atomic E-state index is 14.8. The van der Waals surface area contributed by atoms with Crippen LogP contribution in [0.5, 0.6) is 0 Å². The molecular formula is C68H85N31O43P6. The molecule has 7 fully saturated rings. The lowest BCUT2D eigenvalue weighted by atomic mass is 10.1. The van der Waals surface area contributed by atoms with Crippen molar-refractivity contribution in [3.05, 3.63) is 113 Å². The molecule has 5 unspecified atom stereocenters.